The minimum Gasteiger partial charge on any atom is -0.356 e. The molecule has 1 aromatic carbocycles. The van der Waals surface area contributed by atoms with Crippen LogP contribution in [0.5, 0.6) is 0 Å². The van der Waals surface area contributed by atoms with Crippen LogP contribution in [0.2, 0.25) is 0 Å². The fourth-order valence-corrected chi connectivity index (χ4v) is 4.77. The second-order valence-corrected chi connectivity index (χ2v) is 8.67. The van der Waals surface area contributed by atoms with Crippen molar-refractivity contribution in [3.63, 3.8) is 0 Å². The normalized spacial score (nSPS) is 17.8. The molecule has 3 amide bonds. The summed E-state index contributed by atoms with van der Waals surface area (Å²) in [4.78, 5) is 35.2. The Labute approximate surface area is 153 Å². The lowest BCUT2D eigenvalue weighted by molar-refractivity contribution is -0.123. The molecule has 9 heteroatoms. The highest BCUT2D eigenvalue weighted by Crippen LogP contribution is 2.35. The number of carbonyl (C=O) groups excluding carboxylic acids is 3. The van der Waals surface area contributed by atoms with Crippen LogP contribution in [0.3, 0.4) is 0 Å². The van der Waals surface area contributed by atoms with E-state index in [0.717, 1.165) is 4.31 Å². The van der Waals surface area contributed by atoms with Crippen molar-refractivity contribution in [3.05, 3.63) is 29.8 Å². The van der Waals surface area contributed by atoms with E-state index >= 15 is 0 Å². The molecule has 142 valence electrons. The highest BCUT2D eigenvalue weighted by molar-refractivity contribution is 7.94. The van der Waals surface area contributed by atoms with Crippen molar-refractivity contribution in [1.29, 1.82) is 0 Å². The van der Waals surface area contributed by atoms with Crippen molar-refractivity contribution in [2.45, 2.75) is 27.2 Å². The first-order chi connectivity index (χ1) is 12.0. The number of hydrogen-bond donors (Lipinski definition) is 2. The van der Waals surface area contributed by atoms with Gasteiger partial charge >= 0.3 is 0 Å². The average Bonchev–Trinajstić information content (AvgIpc) is 2.70. The fourth-order valence-electron chi connectivity index (χ4n) is 2.67. The maximum atomic E-state index is 12.4. The molecule has 0 spiro atoms. The van der Waals surface area contributed by atoms with Crippen LogP contribution in [-0.4, -0.2) is 45.0 Å². The van der Waals surface area contributed by atoms with Gasteiger partial charge in [-0.1, -0.05) is 0 Å². The van der Waals surface area contributed by atoms with Crippen LogP contribution in [0.4, 0.5) is 5.69 Å². The summed E-state index contributed by atoms with van der Waals surface area (Å²) in [5.41, 5.74) is -0.387. The Morgan fingerprint density at radius 3 is 2.19 bits per heavy atom. The van der Waals surface area contributed by atoms with E-state index in [1.165, 1.54) is 31.2 Å². The van der Waals surface area contributed by atoms with E-state index < -0.39 is 21.3 Å². The fraction of sp³-hybridized carbons (Fsp3) is 0.471. The van der Waals surface area contributed by atoms with Crippen LogP contribution in [-0.2, 0) is 19.6 Å². The van der Waals surface area contributed by atoms with Gasteiger partial charge in [-0.25, -0.2) is 12.7 Å². The SMILES string of the molecule is CC(=O)NCCCNC(=O)c1ccc(N2C(=O)C(C)(C)CS2(=O)=O)cc1. The Morgan fingerprint density at radius 2 is 1.69 bits per heavy atom. The third-order valence-corrected chi connectivity index (χ3v) is 5.98. The Balaban J connectivity index is 2.01. The van der Waals surface area contributed by atoms with Gasteiger partial charge in [-0.2, -0.15) is 0 Å². The zero-order chi connectivity index (χ0) is 19.5. The minimum absolute atomic E-state index is 0.124. The van der Waals surface area contributed by atoms with Crippen LogP contribution in [0.1, 0.15) is 37.6 Å². The molecule has 2 rings (SSSR count). The maximum Gasteiger partial charge on any atom is 0.251 e. The van der Waals surface area contributed by atoms with Crippen molar-refractivity contribution < 1.29 is 22.8 Å². The molecule has 1 aliphatic rings. The van der Waals surface area contributed by atoms with E-state index in [1.54, 1.807) is 13.8 Å². The molecule has 0 bridgehead atoms. The lowest BCUT2D eigenvalue weighted by Gasteiger charge is -2.17. The van der Waals surface area contributed by atoms with Crippen LogP contribution in [0.25, 0.3) is 0 Å². The summed E-state index contributed by atoms with van der Waals surface area (Å²) in [5.74, 6) is -1.15. The third kappa shape index (κ3) is 4.40. The van der Waals surface area contributed by atoms with Gasteiger partial charge in [0.1, 0.15) is 0 Å². The molecule has 0 aromatic heterocycles. The predicted molar refractivity (Wildman–Crippen MR) is 97.1 cm³/mol. The van der Waals surface area contributed by atoms with Gasteiger partial charge in [0.25, 0.3) is 5.91 Å². The molecule has 0 radical (unpaired) electrons. The molecule has 1 saturated heterocycles. The second-order valence-electron chi connectivity index (χ2n) is 6.85. The Hall–Kier alpha value is -2.42. The van der Waals surface area contributed by atoms with Crippen molar-refractivity contribution in [2.24, 2.45) is 5.41 Å². The van der Waals surface area contributed by atoms with Crippen LogP contribution >= 0.6 is 0 Å². The first-order valence-electron chi connectivity index (χ1n) is 8.25. The number of nitrogens with zero attached hydrogens (tertiary/aromatic N) is 1. The second kappa shape index (κ2) is 7.45. The molecular formula is C17H23N3O5S. The lowest BCUT2D eigenvalue weighted by atomic mass is 9.95. The number of benzene rings is 1. The number of carbonyl (C=O) groups is 3. The summed E-state index contributed by atoms with van der Waals surface area (Å²) in [6, 6.07) is 5.85. The molecule has 2 N–H and O–H groups in total. The molecule has 1 aliphatic heterocycles. The summed E-state index contributed by atoms with van der Waals surface area (Å²) in [6.45, 7) is 5.48. The van der Waals surface area contributed by atoms with Gasteiger partial charge in [-0.3, -0.25) is 14.4 Å². The van der Waals surface area contributed by atoms with Crippen molar-refractivity contribution in [2.75, 3.05) is 23.1 Å². The summed E-state index contributed by atoms with van der Waals surface area (Å²) < 4.78 is 25.3. The molecular weight excluding hydrogens is 358 g/mol. The Kier molecular flexibility index (Phi) is 5.70. The van der Waals surface area contributed by atoms with Crippen molar-refractivity contribution in [1.82, 2.24) is 10.6 Å². The largest absolute Gasteiger partial charge is 0.356 e. The first kappa shape index (κ1) is 19.9. The van der Waals surface area contributed by atoms with Gasteiger partial charge in [0.05, 0.1) is 16.9 Å². The molecule has 1 fully saturated rings. The number of sulfonamides is 1. The zero-order valence-corrected chi connectivity index (χ0v) is 15.9. The summed E-state index contributed by atoms with van der Waals surface area (Å²) in [7, 11) is -3.71. The Morgan fingerprint density at radius 1 is 1.12 bits per heavy atom. The highest BCUT2D eigenvalue weighted by Gasteiger charge is 2.49. The maximum absolute atomic E-state index is 12.4. The van der Waals surface area contributed by atoms with E-state index in [4.69, 9.17) is 0 Å². The number of anilines is 1. The molecule has 26 heavy (non-hydrogen) atoms. The van der Waals surface area contributed by atoms with Gasteiger partial charge in [0.15, 0.2) is 0 Å². The zero-order valence-electron chi connectivity index (χ0n) is 15.0. The number of amides is 3. The summed E-state index contributed by atoms with van der Waals surface area (Å²) >= 11 is 0. The smallest absolute Gasteiger partial charge is 0.251 e. The topological polar surface area (TPSA) is 113 Å². The van der Waals surface area contributed by atoms with Crippen molar-refractivity contribution >= 4 is 33.4 Å². The van der Waals surface area contributed by atoms with E-state index in [-0.39, 0.29) is 23.3 Å². The van der Waals surface area contributed by atoms with Crippen LogP contribution < -0.4 is 14.9 Å². The quantitative estimate of drug-likeness (QED) is 0.703. The van der Waals surface area contributed by atoms with Gasteiger partial charge in [0, 0.05) is 25.6 Å². The number of rotatable bonds is 6. The van der Waals surface area contributed by atoms with Gasteiger partial charge in [-0.05, 0) is 44.5 Å². The van der Waals surface area contributed by atoms with Crippen LogP contribution in [0.15, 0.2) is 24.3 Å². The van der Waals surface area contributed by atoms with Gasteiger partial charge in [-0.15, -0.1) is 0 Å². The van der Waals surface area contributed by atoms with E-state index in [9.17, 15) is 22.8 Å². The monoisotopic (exact) mass is 381 g/mol. The molecule has 0 saturated carbocycles. The predicted octanol–water partition coefficient (Wildman–Crippen LogP) is 0.645. The third-order valence-electron chi connectivity index (χ3n) is 3.96. The highest BCUT2D eigenvalue weighted by atomic mass is 32.2. The minimum atomic E-state index is -3.71. The number of nitrogens with one attached hydrogen (secondary N) is 2. The molecule has 0 unspecified atom stereocenters. The van der Waals surface area contributed by atoms with Crippen LogP contribution in [0, 0.1) is 5.41 Å². The van der Waals surface area contributed by atoms with Gasteiger partial charge < -0.3 is 10.6 Å². The molecule has 0 aliphatic carbocycles. The van der Waals surface area contributed by atoms with E-state index in [0.29, 0.717) is 25.1 Å². The van der Waals surface area contributed by atoms with Gasteiger partial charge in [0.2, 0.25) is 21.8 Å². The number of hydrogen-bond acceptors (Lipinski definition) is 5. The lowest BCUT2D eigenvalue weighted by Crippen LogP contribution is -2.33. The average molecular weight is 381 g/mol. The summed E-state index contributed by atoms with van der Waals surface area (Å²) in [6.07, 6.45) is 0.596. The standard InChI is InChI=1S/C17H23N3O5S/c1-12(21)18-9-4-10-19-15(22)13-5-7-14(8-6-13)20-16(23)17(2,3)11-26(20,24)25/h5-8H,4,9-11H2,1-3H3,(H,18,21)(H,19,22). The van der Waals surface area contributed by atoms with E-state index in [2.05, 4.69) is 10.6 Å². The van der Waals surface area contributed by atoms with Crippen molar-refractivity contribution in [3.8, 4) is 0 Å². The molecule has 8 nitrogen and oxygen atoms in total. The van der Waals surface area contributed by atoms with E-state index in [1.807, 2.05) is 0 Å². The summed E-state index contributed by atoms with van der Waals surface area (Å²) in [5, 5.41) is 5.34. The first-order valence-corrected chi connectivity index (χ1v) is 9.86. The molecule has 0 atom stereocenters. The molecule has 1 aromatic rings. The Bertz CT molecular complexity index is 815. The molecule has 1 heterocycles.